The Morgan fingerprint density at radius 2 is 1.68 bits per heavy atom. The van der Waals surface area contributed by atoms with Gasteiger partial charge >= 0.3 is 5.97 Å². The van der Waals surface area contributed by atoms with Crippen molar-refractivity contribution in [3.05, 3.63) is 70.2 Å². The molecule has 0 N–H and O–H groups in total. The number of esters is 1. The minimum atomic E-state index is -3.45. The van der Waals surface area contributed by atoms with Gasteiger partial charge in [-0.2, -0.15) is 0 Å². The number of nitrogens with zero attached hydrogens (tertiary/aromatic N) is 1. The van der Waals surface area contributed by atoms with Gasteiger partial charge in [0.05, 0.1) is 23.7 Å². The molecular formula is C20H20ClNO5S. The summed E-state index contributed by atoms with van der Waals surface area (Å²) in [5.41, 5.74) is 1.30. The van der Waals surface area contributed by atoms with Gasteiger partial charge in [-0.3, -0.25) is 4.79 Å². The lowest BCUT2D eigenvalue weighted by atomic mass is 10.1. The van der Waals surface area contributed by atoms with E-state index in [9.17, 15) is 18.0 Å². The number of hydrogen-bond acceptors (Lipinski definition) is 5. The van der Waals surface area contributed by atoms with E-state index in [1.54, 1.807) is 36.4 Å². The maximum absolute atomic E-state index is 12.8. The van der Waals surface area contributed by atoms with E-state index in [1.807, 2.05) is 0 Å². The summed E-state index contributed by atoms with van der Waals surface area (Å²) in [6.45, 7) is 0.410. The number of carbonyl (C=O) groups excluding carboxylic acids is 2. The summed E-state index contributed by atoms with van der Waals surface area (Å²) in [5.74, 6) is -0.886. The van der Waals surface area contributed by atoms with Crippen LogP contribution in [0.5, 0.6) is 0 Å². The van der Waals surface area contributed by atoms with Crippen LogP contribution in [0.1, 0.15) is 38.0 Å². The summed E-state index contributed by atoms with van der Waals surface area (Å²) >= 11 is 6.20. The average Bonchev–Trinajstić information content (AvgIpc) is 2.85. The Kier molecular flexibility index (Phi) is 6.05. The number of sulfone groups is 1. The van der Waals surface area contributed by atoms with E-state index >= 15 is 0 Å². The molecule has 0 aromatic heterocycles. The van der Waals surface area contributed by atoms with Crippen LogP contribution in [0.15, 0.2) is 48.5 Å². The third kappa shape index (κ3) is 4.20. The summed E-state index contributed by atoms with van der Waals surface area (Å²) in [4.78, 5) is 25.9. The average molecular weight is 422 g/mol. The Morgan fingerprint density at radius 3 is 2.32 bits per heavy atom. The number of benzene rings is 2. The molecule has 0 radical (unpaired) electrons. The zero-order valence-electron chi connectivity index (χ0n) is 15.3. The van der Waals surface area contributed by atoms with Gasteiger partial charge in [-0.25, -0.2) is 13.2 Å². The highest BCUT2D eigenvalue weighted by Crippen LogP contribution is 2.34. The molecular weight excluding hydrogens is 402 g/mol. The fourth-order valence-corrected chi connectivity index (χ4v) is 5.43. The monoisotopic (exact) mass is 421 g/mol. The highest BCUT2D eigenvalue weighted by Gasteiger charge is 2.33. The standard InChI is InChI=1S/C20H20ClNO5S/c1-27-20(24)15-8-6-14(7-9-15)19(23)22-11-10-18(28(25,26)13-12-22)16-4-2-3-5-17(16)21/h2-9,18H,10-13H2,1H3/t18-/m1/s1. The Labute approximate surface area is 169 Å². The number of hydrogen-bond donors (Lipinski definition) is 0. The van der Waals surface area contributed by atoms with E-state index in [-0.39, 0.29) is 24.6 Å². The summed E-state index contributed by atoms with van der Waals surface area (Å²) in [5, 5.41) is -0.324. The molecule has 0 aliphatic carbocycles. The van der Waals surface area contributed by atoms with Gasteiger partial charge < -0.3 is 9.64 Å². The largest absolute Gasteiger partial charge is 0.465 e. The van der Waals surface area contributed by atoms with Crippen molar-refractivity contribution in [3.8, 4) is 0 Å². The zero-order valence-corrected chi connectivity index (χ0v) is 16.9. The van der Waals surface area contributed by atoms with Gasteiger partial charge in [0.2, 0.25) is 0 Å². The van der Waals surface area contributed by atoms with Crippen LogP contribution in [0.4, 0.5) is 0 Å². The van der Waals surface area contributed by atoms with Gasteiger partial charge in [0.15, 0.2) is 9.84 Å². The molecule has 1 atom stereocenters. The fraction of sp³-hybridized carbons (Fsp3) is 0.300. The van der Waals surface area contributed by atoms with Gasteiger partial charge in [0.25, 0.3) is 5.91 Å². The molecule has 3 rings (SSSR count). The third-order valence-corrected chi connectivity index (χ3v) is 7.29. The van der Waals surface area contributed by atoms with Crippen molar-refractivity contribution >= 4 is 33.3 Å². The molecule has 0 unspecified atom stereocenters. The van der Waals surface area contributed by atoms with E-state index in [2.05, 4.69) is 4.74 Å². The summed E-state index contributed by atoms with van der Waals surface area (Å²) in [7, 11) is -2.16. The minimum absolute atomic E-state index is 0.112. The molecule has 0 bridgehead atoms. The second-order valence-electron chi connectivity index (χ2n) is 6.53. The molecule has 1 aliphatic heterocycles. The number of ether oxygens (including phenoxy) is 1. The van der Waals surface area contributed by atoms with Crippen molar-refractivity contribution < 1.29 is 22.7 Å². The van der Waals surface area contributed by atoms with Crippen LogP contribution in [0.3, 0.4) is 0 Å². The third-order valence-electron chi connectivity index (χ3n) is 4.83. The van der Waals surface area contributed by atoms with Crippen LogP contribution in [0.2, 0.25) is 5.02 Å². The molecule has 8 heteroatoms. The predicted octanol–water partition coefficient (Wildman–Crippen LogP) is 3.13. The SMILES string of the molecule is COC(=O)c1ccc(C(=O)N2CC[C@H](c3ccccc3Cl)S(=O)(=O)CC2)cc1. The Hall–Kier alpha value is -2.38. The summed E-state index contributed by atoms with van der Waals surface area (Å²) in [6, 6.07) is 13.0. The van der Waals surface area contributed by atoms with Gasteiger partial charge in [0.1, 0.15) is 0 Å². The van der Waals surface area contributed by atoms with Crippen LogP contribution in [0.25, 0.3) is 0 Å². The van der Waals surface area contributed by atoms with E-state index in [0.717, 1.165) is 0 Å². The first-order chi connectivity index (χ1) is 13.3. The lowest BCUT2D eigenvalue weighted by molar-refractivity contribution is 0.0599. The topological polar surface area (TPSA) is 80.8 Å². The molecule has 2 aromatic carbocycles. The minimum Gasteiger partial charge on any atom is -0.465 e. The van der Waals surface area contributed by atoms with Crippen molar-refractivity contribution in [1.82, 2.24) is 4.90 Å². The first kappa shape index (κ1) is 20.4. The van der Waals surface area contributed by atoms with Crippen LogP contribution in [-0.2, 0) is 14.6 Å². The van der Waals surface area contributed by atoms with Crippen LogP contribution < -0.4 is 0 Å². The number of amides is 1. The van der Waals surface area contributed by atoms with Gasteiger partial charge in [-0.1, -0.05) is 29.8 Å². The smallest absolute Gasteiger partial charge is 0.337 e. The summed E-state index contributed by atoms with van der Waals surface area (Å²) < 4.78 is 30.2. The summed E-state index contributed by atoms with van der Waals surface area (Å²) in [6.07, 6.45) is 0.276. The van der Waals surface area contributed by atoms with Crippen molar-refractivity contribution in [2.24, 2.45) is 0 Å². The molecule has 1 aliphatic rings. The Morgan fingerprint density at radius 1 is 1.04 bits per heavy atom. The quantitative estimate of drug-likeness (QED) is 0.711. The number of halogens is 1. The maximum Gasteiger partial charge on any atom is 0.337 e. The molecule has 2 aromatic rings. The molecule has 148 valence electrons. The molecule has 6 nitrogen and oxygen atoms in total. The van der Waals surface area contributed by atoms with Crippen LogP contribution in [0, 0.1) is 0 Å². The van der Waals surface area contributed by atoms with Crippen molar-refractivity contribution in [2.45, 2.75) is 11.7 Å². The van der Waals surface area contributed by atoms with Gasteiger partial charge in [-0.15, -0.1) is 0 Å². The molecule has 1 heterocycles. The van der Waals surface area contributed by atoms with Crippen molar-refractivity contribution in [2.75, 3.05) is 26.0 Å². The van der Waals surface area contributed by atoms with Crippen molar-refractivity contribution in [1.29, 1.82) is 0 Å². The Bertz CT molecular complexity index is 988. The molecule has 28 heavy (non-hydrogen) atoms. The molecule has 0 spiro atoms. The van der Waals surface area contributed by atoms with Gasteiger partial charge in [-0.05, 0) is 42.3 Å². The lowest BCUT2D eigenvalue weighted by Gasteiger charge is -2.20. The second kappa shape index (κ2) is 8.32. The molecule has 1 amide bonds. The second-order valence-corrected chi connectivity index (χ2v) is 9.24. The van der Waals surface area contributed by atoms with Crippen LogP contribution in [-0.4, -0.2) is 51.1 Å². The first-order valence-electron chi connectivity index (χ1n) is 8.77. The number of methoxy groups -OCH3 is 1. The first-order valence-corrected chi connectivity index (χ1v) is 10.9. The number of rotatable bonds is 3. The predicted molar refractivity (Wildman–Crippen MR) is 106 cm³/mol. The lowest BCUT2D eigenvalue weighted by Crippen LogP contribution is -2.33. The van der Waals surface area contributed by atoms with Crippen LogP contribution >= 0.6 is 11.6 Å². The van der Waals surface area contributed by atoms with E-state index in [4.69, 9.17) is 11.6 Å². The molecule has 1 fully saturated rings. The van der Waals surface area contributed by atoms with Gasteiger partial charge in [0, 0.05) is 23.7 Å². The Balaban J connectivity index is 1.79. The normalized spacial score (nSPS) is 18.9. The number of carbonyl (C=O) groups is 2. The molecule has 0 saturated carbocycles. The fourth-order valence-electron chi connectivity index (χ4n) is 3.28. The van der Waals surface area contributed by atoms with Crippen molar-refractivity contribution in [3.63, 3.8) is 0 Å². The highest BCUT2D eigenvalue weighted by molar-refractivity contribution is 7.91. The zero-order chi connectivity index (χ0) is 20.3. The van der Waals surface area contributed by atoms with E-state index < -0.39 is 21.1 Å². The maximum atomic E-state index is 12.8. The van der Waals surface area contributed by atoms with E-state index in [0.29, 0.717) is 28.3 Å². The van der Waals surface area contributed by atoms with E-state index in [1.165, 1.54) is 24.1 Å². The molecule has 1 saturated heterocycles. The highest BCUT2D eigenvalue weighted by atomic mass is 35.5.